The maximum absolute atomic E-state index is 4.57. The lowest BCUT2D eigenvalue weighted by Gasteiger charge is -2.32. The van der Waals surface area contributed by atoms with Crippen molar-refractivity contribution in [2.24, 2.45) is 0 Å². The Hall–Kier alpha value is -1.36. The first-order chi connectivity index (χ1) is 10.2. The van der Waals surface area contributed by atoms with Crippen LogP contribution < -0.4 is 10.6 Å². The molecule has 0 atom stereocenters. The van der Waals surface area contributed by atoms with E-state index in [1.54, 1.807) is 0 Å². The Morgan fingerprint density at radius 1 is 1.19 bits per heavy atom. The summed E-state index contributed by atoms with van der Waals surface area (Å²) in [6, 6.07) is 2.57. The van der Waals surface area contributed by atoms with Crippen molar-refractivity contribution in [1.82, 2.24) is 14.9 Å². The van der Waals surface area contributed by atoms with Crippen LogP contribution in [-0.4, -0.2) is 47.1 Å². The molecule has 2 heterocycles. The average Bonchev–Trinajstić information content (AvgIpc) is 2.47. The van der Waals surface area contributed by atoms with E-state index < -0.39 is 0 Å². The van der Waals surface area contributed by atoms with Crippen molar-refractivity contribution in [3.05, 3.63) is 11.8 Å². The molecule has 1 fully saturated rings. The van der Waals surface area contributed by atoms with Crippen molar-refractivity contribution < 1.29 is 0 Å². The van der Waals surface area contributed by atoms with Gasteiger partial charge in [0, 0.05) is 37.4 Å². The highest BCUT2D eigenvalue weighted by Crippen LogP contribution is 2.17. The number of aryl methyl sites for hydroxylation is 1. The van der Waals surface area contributed by atoms with Crippen molar-refractivity contribution in [3.8, 4) is 0 Å². The van der Waals surface area contributed by atoms with Gasteiger partial charge in [-0.25, -0.2) is 4.98 Å². The molecule has 0 unspecified atom stereocenters. The zero-order valence-corrected chi connectivity index (χ0v) is 13.7. The fraction of sp³-hybridized carbons (Fsp3) is 0.750. The van der Waals surface area contributed by atoms with E-state index in [2.05, 4.69) is 39.3 Å². The summed E-state index contributed by atoms with van der Waals surface area (Å²) in [5, 5.41) is 6.85. The highest BCUT2D eigenvalue weighted by molar-refractivity contribution is 5.43. The minimum atomic E-state index is 0.534. The summed E-state index contributed by atoms with van der Waals surface area (Å²) in [5.74, 6) is 1.69. The van der Waals surface area contributed by atoms with E-state index in [1.807, 2.05) is 13.0 Å². The quantitative estimate of drug-likeness (QED) is 0.809. The van der Waals surface area contributed by atoms with E-state index in [4.69, 9.17) is 0 Å². The molecule has 1 aromatic heterocycles. The first-order valence-electron chi connectivity index (χ1n) is 8.29. The van der Waals surface area contributed by atoms with Gasteiger partial charge in [-0.3, -0.25) is 0 Å². The molecule has 1 saturated heterocycles. The lowest BCUT2D eigenvalue weighted by molar-refractivity contribution is 0.219. The number of nitrogens with one attached hydrogen (secondary N) is 2. The average molecular weight is 291 g/mol. The lowest BCUT2D eigenvalue weighted by atomic mass is 10.0. The molecule has 0 radical (unpaired) electrons. The summed E-state index contributed by atoms with van der Waals surface area (Å²) in [5.41, 5.74) is 1.01. The van der Waals surface area contributed by atoms with Crippen LogP contribution in [0.3, 0.4) is 0 Å². The number of aromatic nitrogens is 2. The number of rotatable bonds is 7. The van der Waals surface area contributed by atoms with Gasteiger partial charge in [-0.1, -0.05) is 13.8 Å². The molecule has 5 nitrogen and oxygen atoms in total. The molecule has 1 aliphatic heterocycles. The highest BCUT2D eigenvalue weighted by Gasteiger charge is 2.18. The van der Waals surface area contributed by atoms with Crippen LogP contribution in [0.1, 0.15) is 45.2 Å². The van der Waals surface area contributed by atoms with E-state index >= 15 is 0 Å². The zero-order chi connectivity index (χ0) is 15.1. The number of likely N-dealkylation sites (tertiary alicyclic amines) is 1. The largest absolute Gasteiger partial charge is 0.367 e. The van der Waals surface area contributed by atoms with Gasteiger partial charge in [0.25, 0.3) is 0 Å². The van der Waals surface area contributed by atoms with Crippen LogP contribution in [0.5, 0.6) is 0 Å². The van der Waals surface area contributed by atoms with Crippen LogP contribution in [0.15, 0.2) is 6.07 Å². The van der Waals surface area contributed by atoms with Crippen molar-refractivity contribution in [3.63, 3.8) is 0 Å². The molecule has 0 spiro atoms. The van der Waals surface area contributed by atoms with Gasteiger partial charge in [0.05, 0.1) is 0 Å². The summed E-state index contributed by atoms with van der Waals surface area (Å²) >= 11 is 0. The summed E-state index contributed by atoms with van der Waals surface area (Å²) in [6.07, 6.45) is 4.72. The second-order valence-electron chi connectivity index (χ2n) is 5.91. The molecular weight excluding hydrogens is 262 g/mol. The predicted octanol–water partition coefficient (Wildman–Crippen LogP) is 2.89. The monoisotopic (exact) mass is 291 g/mol. The second-order valence-corrected chi connectivity index (χ2v) is 5.91. The van der Waals surface area contributed by atoms with Crippen LogP contribution in [0.2, 0.25) is 0 Å². The first-order valence-corrected chi connectivity index (χ1v) is 8.29. The molecule has 2 rings (SSSR count). The third-order valence-electron chi connectivity index (χ3n) is 3.87. The Labute approximate surface area is 128 Å². The maximum Gasteiger partial charge on any atom is 0.224 e. The van der Waals surface area contributed by atoms with Crippen molar-refractivity contribution >= 4 is 11.8 Å². The van der Waals surface area contributed by atoms with E-state index in [-0.39, 0.29) is 0 Å². The Morgan fingerprint density at radius 2 is 1.95 bits per heavy atom. The standard InChI is InChI=1S/C16H29N5/c1-4-8-17-16-18-13(3)12-15(20-16)19-14-6-10-21(9-5-2)11-7-14/h12,14H,4-11H2,1-3H3,(H2,17,18,19,20). The van der Waals surface area contributed by atoms with Crippen molar-refractivity contribution in [2.45, 2.75) is 52.5 Å². The van der Waals surface area contributed by atoms with Gasteiger partial charge in [0.2, 0.25) is 5.95 Å². The van der Waals surface area contributed by atoms with Gasteiger partial charge in [-0.15, -0.1) is 0 Å². The molecule has 21 heavy (non-hydrogen) atoms. The van der Waals surface area contributed by atoms with Gasteiger partial charge < -0.3 is 15.5 Å². The molecule has 0 aliphatic carbocycles. The Bertz CT molecular complexity index is 427. The summed E-state index contributed by atoms with van der Waals surface area (Å²) in [4.78, 5) is 11.6. The van der Waals surface area contributed by atoms with E-state index in [0.717, 1.165) is 30.4 Å². The van der Waals surface area contributed by atoms with Crippen LogP contribution in [0.25, 0.3) is 0 Å². The number of hydrogen-bond donors (Lipinski definition) is 2. The van der Waals surface area contributed by atoms with E-state index in [9.17, 15) is 0 Å². The molecule has 0 amide bonds. The van der Waals surface area contributed by atoms with Gasteiger partial charge in [-0.05, 0) is 39.2 Å². The summed E-state index contributed by atoms with van der Waals surface area (Å²) in [6.45, 7) is 10.9. The highest BCUT2D eigenvalue weighted by atomic mass is 15.2. The minimum absolute atomic E-state index is 0.534. The van der Waals surface area contributed by atoms with Crippen LogP contribution in [-0.2, 0) is 0 Å². The van der Waals surface area contributed by atoms with Crippen molar-refractivity contribution in [2.75, 3.05) is 36.8 Å². The lowest BCUT2D eigenvalue weighted by Crippen LogP contribution is -2.39. The molecule has 5 heteroatoms. The molecule has 1 aliphatic rings. The van der Waals surface area contributed by atoms with E-state index in [1.165, 1.54) is 38.9 Å². The zero-order valence-electron chi connectivity index (χ0n) is 13.7. The van der Waals surface area contributed by atoms with Gasteiger partial charge in [0.15, 0.2) is 0 Å². The fourth-order valence-corrected chi connectivity index (χ4v) is 2.78. The van der Waals surface area contributed by atoms with Crippen molar-refractivity contribution in [1.29, 1.82) is 0 Å². The van der Waals surface area contributed by atoms with Gasteiger partial charge >= 0.3 is 0 Å². The Balaban J connectivity index is 1.89. The molecule has 0 bridgehead atoms. The SMILES string of the molecule is CCCNc1nc(C)cc(NC2CCN(CCC)CC2)n1. The van der Waals surface area contributed by atoms with E-state index in [0.29, 0.717) is 6.04 Å². The van der Waals surface area contributed by atoms with Crippen LogP contribution in [0, 0.1) is 6.92 Å². The number of anilines is 2. The number of nitrogens with zero attached hydrogens (tertiary/aromatic N) is 3. The molecule has 2 N–H and O–H groups in total. The normalized spacial score (nSPS) is 16.9. The number of hydrogen-bond acceptors (Lipinski definition) is 5. The first kappa shape index (κ1) is 16.0. The summed E-state index contributed by atoms with van der Waals surface area (Å²) in [7, 11) is 0. The Morgan fingerprint density at radius 3 is 2.62 bits per heavy atom. The molecular formula is C16H29N5. The third-order valence-corrected chi connectivity index (χ3v) is 3.87. The van der Waals surface area contributed by atoms with Crippen LogP contribution >= 0.6 is 0 Å². The number of piperidine rings is 1. The maximum atomic E-state index is 4.57. The third kappa shape index (κ3) is 5.16. The second kappa shape index (κ2) is 8.17. The molecule has 1 aromatic rings. The Kier molecular flexibility index (Phi) is 6.23. The van der Waals surface area contributed by atoms with Crippen LogP contribution in [0.4, 0.5) is 11.8 Å². The fourth-order valence-electron chi connectivity index (χ4n) is 2.78. The molecule has 0 aromatic carbocycles. The topological polar surface area (TPSA) is 53.1 Å². The smallest absolute Gasteiger partial charge is 0.224 e. The molecule has 118 valence electrons. The summed E-state index contributed by atoms with van der Waals surface area (Å²) < 4.78 is 0. The van der Waals surface area contributed by atoms with Gasteiger partial charge in [-0.2, -0.15) is 4.98 Å². The minimum Gasteiger partial charge on any atom is -0.367 e. The molecule has 0 saturated carbocycles. The predicted molar refractivity (Wildman–Crippen MR) is 88.9 cm³/mol. The van der Waals surface area contributed by atoms with Gasteiger partial charge in [0.1, 0.15) is 5.82 Å².